The lowest BCUT2D eigenvalue weighted by atomic mass is 10.2. The van der Waals surface area contributed by atoms with Gasteiger partial charge >= 0.3 is 0 Å². The molecule has 0 spiro atoms. The first-order valence-electron chi connectivity index (χ1n) is 5.58. The Morgan fingerprint density at radius 3 is 2.56 bits per heavy atom. The highest BCUT2D eigenvalue weighted by Crippen LogP contribution is 2.12. The molecule has 0 aromatic heterocycles. The van der Waals surface area contributed by atoms with Crippen LogP contribution in [0.1, 0.15) is 25.3 Å². The van der Waals surface area contributed by atoms with Gasteiger partial charge in [0.1, 0.15) is 0 Å². The van der Waals surface area contributed by atoms with Gasteiger partial charge in [-0.2, -0.15) is 0 Å². The highest BCUT2D eigenvalue weighted by molar-refractivity contribution is 9.10. The normalized spacial score (nSPS) is 12.2. The van der Waals surface area contributed by atoms with Gasteiger partial charge in [0.2, 0.25) is 5.91 Å². The number of rotatable bonds is 5. The SMILES string of the molecule is CCCC(Br)C(=O)N(C)Cc1ccccc1. The maximum atomic E-state index is 11.9. The van der Waals surface area contributed by atoms with E-state index in [0.29, 0.717) is 6.54 Å². The summed E-state index contributed by atoms with van der Waals surface area (Å²) in [6.07, 6.45) is 1.90. The van der Waals surface area contributed by atoms with E-state index in [1.165, 1.54) is 0 Å². The molecule has 1 aromatic carbocycles. The molecule has 0 aliphatic carbocycles. The first-order chi connectivity index (χ1) is 7.65. The van der Waals surface area contributed by atoms with Gasteiger partial charge in [-0.05, 0) is 12.0 Å². The fourth-order valence-electron chi connectivity index (χ4n) is 1.55. The van der Waals surface area contributed by atoms with Gasteiger partial charge in [-0.25, -0.2) is 0 Å². The van der Waals surface area contributed by atoms with E-state index in [2.05, 4.69) is 22.9 Å². The lowest BCUT2D eigenvalue weighted by Crippen LogP contribution is -2.32. The number of alkyl halides is 1. The van der Waals surface area contributed by atoms with Gasteiger partial charge in [0.25, 0.3) is 0 Å². The second-order valence-electron chi connectivity index (χ2n) is 3.94. The molecule has 1 unspecified atom stereocenters. The molecule has 0 saturated carbocycles. The highest BCUT2D eigenvalue weighted by atomic mass is 79.9. The number of halogens is 1. The fourth-order valence-corrected chi connectivity index (χ4v) is 2.36. The number of hydrogen-bond donors (Lipinski definition) is 0. The van der Waals surface area contributed by atoms with Crippen LogP contribution in [0.4, 0.5) is 0 Å². The van der Waals surface area contributed by atoms with Crippen LogP contribution in [0.2, 0.25) is 0 Å². The summed E-state index contributed by atoms with van der Waals surface area (Å²) in [7, 11) is 1.85. The quantitative estimate of drug-likeness (QED) is 0.760. The molecule has 2 nitrogen and oxygen atoms in total. The maximum absolute atomic E-state index is 11.9. The molecule has 88 valence electrons. The summed E-state index contributed by atoms with van der Waals surface area (Å²) >= 11 is 3.43. The van der Waals surface area contributed by atoms with Crippen molar-refractivity contribution < 1.29 is 4.79 Å². The summed E-state index contributed by atoms with van der Waals surface area (Å²) in [6.45, 7) is 2.75. The Kier molecular flexibility index (Phi) is 5.53. The van der Waals surface area contributed by atoms with Gasteiger partial charge in [-0.3, -0.25) is 4.79 Å². The third-order valence-electron chi connectivity index (χ3n) is 2.45. The number of carbonyl (C=O) groups excluding carboxylic acids is 1. The van der Waals surface area contributed by atoms with Crippen molar-refractivity contribution in [1.82, 2.24) is 4.90 Å². The number of amides is 1. The van der Waals surface area contributed by atoms with Crippen LogP contribution in [0.5, 0.6) is 0 Å². The van der Waals surface area contributed by atoms with Crippen molar-refractivity contribution >= 4 is 21.8 Å². The average molecular weight is 284 g/mol. The zero-order chi connectivity index (χ0) is 12.0. The molecule has 0 aliphatic rings. The lowest BCUT2D eigenvalue weighted by molar-refractivity contribution is -0.129. The van der Waals surface area contributed by atoms with E-state index >= 15 is 0 Å². The molecule has 0 saturated heterocycles. The Bertz CT molecular complexity index is 326. The third kappa shape index (κ3) is 3.97. The summed E-state index contributed by atoms with van der Waals surface area (Å²) in [4.78, 5) is 13.6. The van der Waals surface area contributed by atoms with E-state index in [1.807, 2.05) is 37.4 Å². The molecule has 1 aromatic rings. The van der Waals surface area contributed by atoms with E-state index in [4.69, 9.17) is 0 Å². The van der Waals surface area contributed by atoms with Crippen LogP contribution in [0.3, 0.4) is 0 Å². The van der Waals surface area contributed by atoms with E-state index < -0.39 is 0 Å². The summed E-state index contributed by atoms with van der Waals surface area (Å²) in [5.74, 6) is 0.158. The van der Waals surface area contributed by atoms with E-state index in [9.17, 15) is 4.79 Å². The Balaban J connectivity index is 2.52. The molecule has 0 bridgehead atoms. The van der Waals surface area contributed by atoms with Gasteiger partial charge in [0, 0.05) is 13.6 Å². The molecule has 0 N–H and O–H groups in total. The van der Waals surface area contributed by atoms with Crippen molar-refractivity contribution in [2.24, 2.45) is 0 Å². The molecule has 1 rings (SSSR count). The molecule has 0 radical (unpaired) electrons. The van der Waals surface area contributed by atoms with Crippen LogP contribution < -0.4 is 0 Å². The standard InChI is InChI=1S/C13H18BrNO/c1-3-7-12(14)13(16)15(2)10-11-8-5-4-6-9-11/h4-6,8-9,12H,3,7,10H2,1-2H3. The van der Waals surface area contributed by atoms with Crippen LogP contribution in [0.25, 0.3) is 0 Å². The minimum atomic E-state index is -0.0498. The first kappa shape index (κ1) is 13.2. The Morgan fingerprint density at radius 2 is 2.00 bits per heavy atom. The van der Waals surface area contributed by atoms with Gasteiger partial charge < -0.3 is 4.90 Å². The van der Waals surface area contributed by atoms with Crippen molar-refractivity contribution in [1.29, 1.82) is 0 Å². The molecule has 0 fully saturated rings. The average Bonchev–Trinajstić information content (AvgIpc) is 2.29. The third-order valence-corrected chi connectivity index (χ3v) is 3.30. The van der Waals surface area contributed by atoms with Crippen LogP contribution in [-0.2, 0) is 11.3 Å². The Morgan fingerprint density at radius 1 is 1.38 bits per heavy atom. The summed E-state index contributed by atoms with van der Waals surface area (Å²) in [6, 6.07) is 10.0. The van der Waals surface area contributed by atoms with Gasteiger partial charge in [0.05, 0.1) is 4.83 Å². The van der Waals surface area contributed by atoms with E-state index in [1.54, 1.807) is 4.90 Å². The minimum absolute atomic E-state index is 0.0498. The Labute approximate surface area is 106 Å². The molecule has 0 aliphatic heterocycles. The van der Waals surface area contributed by atoms with Crippen molar-refractivity contribution in [3.8, 4) is 0 Å². The highest BCUT2D eigenvalue weighted by Gasteiger charge is 2.17. The van der Waals surface area contributed by atoms with Crippen LogP contribution in [-0.4, -0.2) is 22.7 Å². The monoisotopic (exact) mass is 283 g/mol. The second-order valence-corrected chi connectivity index (χ2v) is 5.04. The molecular formula is C13H18BrNO. The topological polar surface area (TPSA) is 20.3 Å². The summed E-state index contributed by atoms with van der Waals surface area (Å²) < 4.78 is 0. The van der Waals surface area contributed by atoms with Gasteiger partial charge in [-0.15, -0.1) is 0 Å². The van der Waals surface area contributed by atoms with Gasteiger partial charge in [-0.1, -0.05) is 59.6 Å². The zero-order valence-corrected chi connectivity index (χ0v) is 11.4. The number of benzene rings is 1. The zero-order valence-electron chi connectivity index (χ0n) is 9.82. The number of carbonyl (C=O) groups is 1. The molecule has 16 heavy (non-hydrogen) atoms. The van der Waals surface area contributed by atoms with Crippen molar-refractivity contribution in [2.75, 3.05) is 7.05 Å². The molecule has 1 atom stereocenters. The molecule has 1 amide bonds. The van der Waals surface area contributed by atoms with Crippen LogP contribution in [0, 0.1) is 0 Å². The molecular weight excluding hydrogens is 266 g/mol. The van der Waals surface area contributed by atoms with Crippen LogP contribution in [0.15, 0.2) is 30.3 Å². The number of nitrogens with zero attached hydrogens (tertiary/aromatic N) is 1. The molecule has 3 heteroatoms. The first-order valence-corrected chi connectivity index (χ1v) is 6.49. The second kappa shape index (κ2) is 6.69. The summed E-state index contributed by atoms with van der Waals surface area (Å²) in [5.41, 5.74) is 1.16. The lowest BCUT2D eigenvalue weighted by Gasteiger charge is -2.20. The van der Waals surface area contributed by atoms with E-state index in [0.717, 1.165) is 18.4 Å². The van der Waals surface area contributed by atoms with Crippen molar-refractivity contribution in [3.05, 3.63) is 35.9 Å². The van der Waals surface area contributed by atoms with E-state index in [-0.39, 0.29) is 10.7 Å². The van der Waals surface area contributed by atoms with Gasteiger partial charge in [0.15, 0.2) is 0 Å². The number of hydrogen-bond acceptors (Lipinski definition) is 1. The largest absolute Gasteiger partial charge is 0.340 e. The summed E-state index contributed by atoms with van der Waals surface area (Å²) in [5, 5.41) is 0. The predicted molar refractivity (Wildman–Crippen MR) is 70.5 cm³/mol. The smallest absolute Gasteiger partial charge is 0.236 e. The van der Waals surface area contributed by atoms with Crippen molar-refractivity contribution in [3.63, 3.8) is 0 Å². The Hall–Kier alpha value is -0.830. The maximum Gasteiger partial charge on any atom is 0.236 e. The molecule has 0 heterocycles. The fraction of sp³-hybridized carbons (Fsp3) is 0.462. The van der Waals surface area contributed by atoms with Crippen molar-refractivity contribution in [2.45, 2.75) is 31.1 Å². The predicted octanol–water partition coefficient (Wildman–Crippen LogP) is 3.21. The minimum Gasteiger partial charge on any atom is -0.340 e. The van der Waals surface area contributed by atoms with Crippen LogP contribution >= 0.6 is 15.9 Å².